The van der Waals surface area contributed by atoms with Crippen molar-refractivity contribution in [2.24, 2.45) is 0 Å². The van der Waals surface area contributed by atoms with Gasteiger partial charge in [-0.2, -0.15) is 0 Å². The van der Waals surface area contributed by atoms with Gasteiger partial charge in [0.1, 0.15) is 0 Å². The minimum absolute atomic E-state index is 0.526. The molecule has 1 aliphatic rings. The van der Waals surface area contributed by atoms with Gasteiger partial charge in [0.2, 0.25) is 0 Å². The summed E-state index contributed by atoms with van der Waals surface area (Å²) >= 11 is 3.62. The first kappa shape index (κ1) is 18.4. The molecule has 0 aromatic heterocycles. The molecule has 2 aromatic rings. The van der Waals surface area contributed by atoms with Crippen LogP contribution >= 0.6 is 23.5 Å². The standard InChI is InChI=1S/C19H21BrNO3P/c1-23-25(22,24-2)19-16-11-4-3-9-15(16)10-7-8-14-21(19)18-13-6-5-12-17(18)20/h3-7,9-13,19H,8,14H2,1-2H3/b10-7-. The third kappa shape index (κ3) is 3.61. The Labute approximate surface area is 157 Å². The summed E-state index contributed by atoms with van der Waals surface area (Å²) in [6.07, 6.45) is 5.05. The van der Waals surface area contributed by atoms with E-state index in [1.807, 2.05) is 48.5 Å². The van der Waals surface area contributed by atoms with E-state index in [4.69, 9.17) is 9.05 Å². The zero-order chi connectivity index (χ0) is 17.9. The molecule has 0 fully saturated rings. The molecule has 0 radical (unpaired) electrons. The van der Waals surface area contributed by atoms with Crippen LogP contribution < -0.4 is 4.90 Å². The Morgan fingerprint density at radius 2 is 1.76 bits per heavy atom. The molecule has 1 aliphatic heterocycles. The van der Waals surface area contributed by atoms with Crippen molar-refractivity contribution in [2.45, 2.75) is 12.2 Å². The number of fused-ring (bicyclic) bond motifs is 1. The van der Waals surface area contributed by atoms with Crippen molar-refractivity contribution in [3.05, 3.63) is 70.2 Å². The van der Waals surface area contributed by atoms with Crippen molar-refractivity contribution < 1.29 is 13.6 Å². The van der Waals surface area contributed by atoms with Gasteiger partial charge in [-0.15, -0.1) is 0 Å². The number of hydrogen-bond donors (Lipinski definition) is 0. The second kappa shape index (κ2) is 7.88. The van der Waals surface area contributed by atoms with Crippen LogP contribution in [-0.4, -0.2) is 20.8 Å². The first-order valence-electron chi connectivity index (χ1n) is 8.08. The molecular weight excluding hydrogens is 401 g/mol. The third-order valence-corrected chi connectivity index (χ3v) is 7.22. The number of rotatable bonds is 4. The summed E-state index contributed by atoms with van der Waals surface area (Å²) in [4.78, 5) is 2.11. The monoisotopic (exact) mass is 421 g/mol. The zero-order valence-electron chi connectivity index (χ0n) is 14.3. The van der Waals surface area contributed by atoms with Crippen molar-refractivity contribution >= 4 is 35.3 Å². The van der Waals surface area contributed by atoms with Crippen LogP contribution in [0.25, 0.3) is 6.08 Å². The normalized spacial score (nSPS) is 19.0. The SMILES string of the molecule is COP(=O)(OC)C1c2ccccc2/C=C\CCN1c1ccccc1Br. The van der Waals surface area contributed by atoms with Crippen molar-refractivity contribution in [3.8, 4) is 0 Å². The topological polar surface area (TPSA) is 38.8 Å². The minimum Gasteiger partial charge on any atom is -0.353 e. The number of benzene rings is 2. The smallest absolute Gasteiger partial charge is 0.353 e. The molecule has 0 saturated heterocycles. The highest BCUT2D eigenvalue weighted by atomic mass is 79.9. The van der Waals surface area contributed by atoms with E-state index >= 15 is 0 Å². The van der Waals surface area contributed by atoms with E-state index in [-0.39, 0.29) is 0 Å². The van der Waals surface area contributed by atoms with E-state index in [1.54, 1.807) is 0 Å². The molecule has 1 atom stereocenters. The maximum atomic E-state index is 13.5. The second-order valence-corrected chi connectivity index (χ2v) is 8.90. The number of halogens is 1. The van der Waals surface area contributed by atoms with Crippen molar-refractivity contribution in [3.63, 3.8) is 0 Å². The average Bonchev–Trinajstić information content (AvgIpc) is 2.63. The lowest BCUT2D eigenvalue weighted by Crippen LogP contribution is -2.32. The molecule has 0 amide bonds. The van der Waals surface area contributed by atoms with E-state index in [1.165, 1.54) is 14.2 Å². The molecule has 0 spiro atoms. The Morgan fingerprint density at radius 1 is 1.08 bits per heavy atom. The highest BCUT2D eigenvalue weighted by Crippen LogP contribution is 2.63. The summed E-state index contributed by atoms with van der Waals surface area (Å²) in [5.41, 5.74) is 2.92. The second-order valence-electron chi connectivity index (χ2n) is 5.74. The molecule has 0 saturated carbocycles. The summed E-state index contributed by atoms with van der Waals surface area (Å²) < 4.78 is 25.3. The Kier molecular flexibility index (Phi) is 5.80. The van der Waals surface area contributed by atoms with Gasteiger partial charge in [-0.1, -0.05) is 48.6 Å². The van der Waals surface area contributed by atoms with Crippen molar-refractivity contribution in [2.75, 3.05) is 25.7 Å². The largest absolute Gasteiger partial charge is 0.356 e. The quantitative estimate of drug-likeness (QED) is 0.579. The van der Waals surface area contributed by atoms with E-state index < -0.39 is 13.4 Å². The molecule has 25 heavy (non-hydrogen) atoms. The molecule has 2 aromatic carbocycles. The van der Waals surface area contributed by atoms with E-state index in [9.17, 15) is 4.57 Å². The molecule has 0 bridgehead atoms. The average molecular weight is 422 g/mol. The Balaban J connectivity index is 2.24. The number of para-hydroxylation sites is 1. The van der Waals surface area contributed by atoms with Crippen molar-refractivity contribution in [1.82, 2.24) is 0 Å². The van der Waals surface area contributed by atoms with Gasteiger partial charge < -0.3 is 13.9 Å². The molecule has 6 heteroatoms. The Hall–Kier alpha value is -1.39. The van der Waals surface area contributed by atoms with E-state index in [0.29, 0.717) is 6.54 Å². The van der Waals surface area contributed by atoms with Gasteiger partial charge in [0.05, 0.1) is 5.69 Å². The van der Waals surface area contributed by atoms with Gasteiger partial charge >= 0.3 is 7.60 Å². The Morgan fingerprint density at radius 3 is 2.48 bits per heavy atom. The number of hydrogen-bond acceptors (Lipinski definition) is 4. The molecule has 4 nitrogen and oxygen atoms in total. The van der Waals surface area contributed by atoms with Gasteiger partial charge in [-0.3, -0.25) is 4.57 Å². The van der Waals surface area contributed by atoms with Crippen LogP contribution in [0, 0.1) is 0 Å². The number of nitrogens with zero attached hydrogens (tertiary/aromatic N) is 1. The molecule has 0 aliphatic carbocycles. The van der Waals surface area contributed by atoms with E-state index in [2.05, 4.69) is 33.0 Å². The fourth-order valence-corrected chi connectivity index (χ4v) is 5.38. The van der Waals surface area contributed by atoms with Crippen LogP contribution in [0.1, 0.15) is 23.3 Å². The maximum absolute atomic E-state index is 13.5. The molecule has 132 valence electrons. The lowest BCUT2D eigenvalue weighted by Gasteiger charge is -2.38. The summed E-state index contributed by atoms with van der Waals surface area (Å²) in [5, 5.41) is 0. The van der Waals surface area contributed by atoms with Gasteiger partial charge in [0.25, 0.3) is 0 Å². The predicted octanol–water partition coefficient (Wildman–Crippen LogP) is 5.86. The lowest BCUT2D eigenvalue weighted by atomic mass is 10.0. The predicted molar refractivity (Wildman–Crippen MR) is 106 cm³/mol. The van der Waals surface area contributed by atoms with Gasteiger partial charge in [-0.25, -0.2) is 0 Å². The van der Waals surface area contributed by atoms with Gasteiger partial charge in [0.15, 0.2) is 5.78 Å². The highest BCUT2D eigenvalue weighted by Gasteiger charge is 2.41. The highest BCUT2D eigenvalue weighted by molar-refractivity contribution is 9.10. The van der Waals surface area contributed by atoms with Crippen LogP contribution in [0.2, 0.25) is 0 Å². The van der Waals surface area contributed by atoms with Crippen LogP contribution in [0.15, 0.2) is 59.1 Å². The van der Waals surface area contributed by atoms with Crippen molar-refractivity contribution in [1.29, 1.82) is 0 Å². The molecular formula is C19H21BrNO3P. The molecule has 3 rings (SSSR count). The van der Waals surface area contributed by atoms with Gasteiger partial charge in [-0.05, 0) is 45.6 Å². The zero-order valence-corrected chi connectivity index (χ0v) is 16.7. The lowest BCUT2D eigenvalue weighted by molar-refractivity contribution is 0.264. The minimum atomic E-state index is -3.41. The van der Waals surface area contributed by atoms with Crippen LogP contribution in [0.5, 0.6) is 0 Å². The number of anilines is 1. The maximum Gasteiger partial charge on any atom is 0.356 e. The summed E-state index contributed by atoms with van der Waals surface area (Å²) in [6.45, 7) is 0.703. The van der Waals surface area contributed by atoms with Crippen LogP contribution in [-0.2, 0) is 13.6 Å². The molecule has 1 unspecified atom stereocenters. The Bertz CT molecular complexity index is 816. The summed E-state index contributed by atoms with van der Waals surface area (Å²) in [5.74, 6) is -0.526. The molecule has 0 N–H and O–H groups in total. The first-order chi connectivity index (χ1) is 12.1. The third-order valence-electron chi connectivity index (χ3n) is 4.37. The first-order valence-corrected chi connectivity index (χ1v) is 10.5. The summed E-state index contributed by atoms with van der Waals surface area (Å²) in [6, 6.07) is 15.9. The molecule has 1 heterocycles. The van der Waals surface area contributed by atoms with Crippen LogP contribution in [0.3, 0.4) is 0 Å². The van der Waals surface area contributed by atoms with Crippen LogP contribution in [0.4, 0.5) is 5.69 Å². The van der Waals surface area contributed by atoms with Gasteiger partial charge in [0, 0.05) is 25.2 Å². The fourth-order valence-electron chi connectivity index (χ4n) is 3.16. The summed E-state index contributed by atoms with van der Waals surface area (Å²) in [7, 11) is -0.518. The fraction of sp³-hybridized carbons (Fsp3) is 0.263. The van der Waals surface area contributed by atoms with E-state index in [0.717, 1.165) is 27.7 Å².